The second-order valence-electron chi connectivity index (χ2n) is 4.52. The molecule has 0 aliphatic carbocycles. The lowest BCUT2D eigenvalue weighted by Gasteiger charge is -2.09. The lowest BCUT2D eigenvalue weighted by atomic mass is 10.3. The Bertz CT molecular complexity index is 511. The van der Waals surface area contributed by atoms with E-state index in [2.05, 4.69) is 4.72 Å². The van der Waals surface area contributed by atoms with Crippen LogP contribution in [0.2, 0.25) is 0 Å². The van der Waals surface area contributed by atoms with Crippen LogP contribution in [0.5, 0.6) is 0 Å². The average Bonchev–Trinajstić information content (AvgIpc) is 2.61. The first-order valence-corrected chi connectivity index (χ1v) is 8.16. The molecule has 0 saturated carbocycles. The molecule has 0 amide bonds. The van der Waals surface area contributed by atoms with Gasteiger partial charge in [-0.2, -0.15) is 0 Å². The van der Waals surface area contributed by atoms with E-state index in [-0.39, 0.29) is 19.8 Å². The van der Waals surface area contributed by atoms with Crippen molar-refractivity contribution in [1.82, 2.24) is 4.72 Å². The maximum atomic E-state index is 13.4. The van der Waals surface area contributed by atoms with Crippen molar-refractivity contribution in [3.63, 3.8) is 0 Å². The van der Waals surface area contributed by atoms with Gasteiger partial charge < -0.3 is 19.9 Å². The summed E-state index contributed by atoms with van der Waals surface area (Å²) >= 11 is 0.306. The van der Waals surface area contributed by atoms with Crippen LogP contribution in [0.1, 0.15) is 0 Å². The summed E-state index contributed by atoms with van der Waals surface area (Å²) in [5.41, 5.74) is 5.24. The van der Waals surface area contributed by atoms with Gasteiger partial charge in [-0.25, -0.2) is 22.0 Å². The summed E-state index contributed by atoms with van der Waals surface area (Å²) in [6.45, 7) is 2.64. The molecule has 0 aliphatic heterocycles. The lowest BCUT2D eigenvalue weighted by molar-refractivity contribution is 0.0172. The third kappa shape index (κ3) is 7.42. The Hall–Kier alpha value is -0.980. The fourth-order valence-corrected chi connectivity index (χ4v) is 2.22. The van der Waals surface area contributed by atoms with Crippen LogP contribution in [0.15, 0.2) is 4.90 Å². The summed E-state index contributed by atoms with van der Waals surface area (Å²) < 4.78 is 83.5. The van der Waals surface area contributed by atoms with E-state index in [9.17, 15) is 22.0 Å². The molecule has 0 aromatic heterocycles. The number of benzene rings is 1. The predicted octanol–water partition coefficient (Wildman–Crippen LogP) is 1.99. The topological polar surface area (TPSA) is 65.7 Å². The van der Waals surface area contributed by atoms with E-state index >= 15 is 0 Å². The van der Waals surface area contributed by atoms with Crippen molar-refractivity contribution >= 4 is 11.9 Å². The fraction of sp³-hybridized carbons (Fsp3) is 0.571. The molecule has 144 valence electrons. The number of nitrogens with two attached hydrogens (primary N) is 1. The first kappa shape index (κ1) is 22.1. The van der Waals surface area contributed by atoms with Gasteiger partial charge in [0, 0.05) is 13.1 Å². The molecular weight excluding hydrogens is 371 g/mol. The van der Waals surface area contributed by atoms with Crippen LogP contribution in [0.3, 0.4) is 0 Å². The van der Waals surface area contributed by atoms with Gasteiger partial charge in [0.15, 0.2) is 23.3 Å². The maximum absolute atomic E-state index is 13.4. The third-order valence-electron chi connectivity index (χ3n) is 2.70. The third-order valence-corrected chi connectivity index (χ3v) is 3.61. The van der Waals surface area contributed by atoms with Crippen LogP contribution in [-0.2, 0) is 14.2 Å². The largest absolute Gasteiger partial charge is 0.378 e. The molecule has 0 heterocycles. The van der Waals surface area contributed by atoms with E-state index in [0.717, 1.165) is 0 Å². The summed E-state index contributed by atoms with van der Waals surface area (Å²) in [4.78, 5) is -0.989. The van der Waals surface area contributed by atoms with Crippen LogP contribution in [0.4, 0.5) is 22.0 Å². The zero-order chi connectivity index (χ0) is 18.7. The highest BCUT2D eigenvalue weighted by molar-refractivity contribution is 7.97. The van der Waals surface area contributed by atoms with Crippen LogP contribution < -0.4 is 10.5 Å². The molecule has 0 unspecified atom stereocenters. The molecule has 0 bridgehead atoms. The number of rotatable bonds is 13. The van der Waals surface area contributed by atoms with Crippen molar-refractivity contribution in [2.24, 2.45) is 5.73 Å². The second-order valence-corrected chi connectivity index (χ2v) is 5.42. The van der Waals surface area contributed by atoms with Gasteiger partial charge in [0.05, 0.1) is 39.6 Å². The Morgan fingerprint density at radius 2 is 1.12 bits per heavy atom. The van der Waals surface area contributed by atoms with Crippen molar-refractivity contribution in [3.8, 4) is 0 Å². The van der Waals surface area contributed by atoms with E-state index in [4.69, 9.17) is 19.9 Å². The molecule has 0 saturated heterocycles. The van der Waals surface area contributed by atoms with Gasteiger partial charge in [-0.05, 0) is 11.9 Å². The van der Waals surface area contributed by atoms with Crippen molar-refractivity contribution in [3.05, 3.63) is 29.1 Å². The molecule has 0 spiro atoms. The Labute approximate surface area is 146 Å². The van der Waals surface area contributed by atoms with Gasteiger partial charge in [-0.3, -0.25) is 4.72 Å². The van der Waals surface area contributed by atoms with Gasteiger partial charge in [0.1, 0.15) is 4.90 Å². The van der Waals surface area contributed by atoms with Crippen LogP contribution in [-0.4, -0.2) is 52.7 Å². The summed E-state index contributed by atoms with van der Waals surface area (Å²) in [6.07, 6.45) is 0. The Morgan fingerprint density at radius 1 is 0.680 bits per heavy atom. The molecule has 1 rings (SSSR count). The zero-order valence-electron chi connectivity index (χ0n) is 13.3. The number of hydrogen-bond acceptors (Lipinski definition) is 6. The number of halogens is 5. The number of nitrogens with one attached hydrogen (secondary N) is 1. The number of hydrogen-bond donors (Lipinski definition) is 2. The highest BCUT2D eigenvalue weighted by atomic mass is 32.2. The molecule has 0 atom stereocenters. The summed E-state index contributed by atoms with van der Waals surface area (Å²) in [7, 11) is 0. The molecule has 11 heteroatoms. The molecule has 0 aliphatic rings. The monoisotopic (exact) mass is 390 g/mol. The Balaban J connectivity index is 2.15. The smallest absolute Gasteiger partial charge is 0.200 e. The molecule has 0 radical (unpaired) electrons. The lowest BCUT2D eigenvalue weighted by Crippen LogP contribution is -2.17. The molecule has 3 N–H and O–H groups in total. The van der Waals surface area contributed by atoms with Gasteiger partial charge in [-0.1, -0.05) is 0 Å². The standard InChI is InChI=1S/C14H19F5N2O3S/c15-9-10(16)12(18)14(13(19)11(9)17)25-21-2-4-23-6-8-24-7-5-22-3-1-20/h21H,1-8,20H2. The van der Waals surface area contributed by atoms with Crippen molar-refractivity contribution < 1.29 is 36.2 Å². The minimum Gasteiger partial charge on any atom is -0.378 e. The first-order chi connectivity index (χ1) is 12.0. The quantitative estimate of drug-likeness (QED) is 0.177. The predicted molar refractivity (Wildman–Crippen MR) is 81.6 cm³/mol. The van der Waals surface area contributed by atoms with Crippen molar-refractivity contribution in [2.45, 2.75) is 4.90 Å². The van der Waals surface area contributed by atoms with Crippen molar-refractivity contribution in [2.75, 3.05) is 52.7 Å². The van der Waals surface area contributed by atoms with E-state index < -0.39 is 34.0 Å². The van der Waals surface area contributed by atoms with Crippen molar-refractivity contribution in [1.29, 1.82) is 0 Å². The van der Waals surface area contributed by atoms with Gasteiger partial charge in [0.25, 0.3) is 0 Å². The van der Waals surface area contributed by atoms with Crippen LogP contribution >= 0.6 is 11.9 Å². The summed E-state index contributed by atoms with van der Waals surface area (Å²) in [6, 6.07) is 0. The highest BCUT2D eigenvalue weighted by Crippen LogP contribution is 2.29. The SMILES string of the molecule is NCCOCCOCCOCCNSc1c(F)c(F)c(F)c(F)c1F. The Kier molecular flexibility index (Phi) is 10.9. The first-order valence-electron chi connectivity index (χ1n) is 7.35. The summed E-state index contributed by atoms with van der Waals surface area (Å²) in [5, 5.41) is 0. The molecule has 0 fully saturated rings. The normalized spacial score (nSPS) is 11.3. The highest BCUT2D eigenvalue weighted by Gasteiger charge is 2.25. The van der Waals surface area contributed by atoms with Crippen LogP contribution in [0.25, 0.3) is 0 Å². The van der Waals surface area contributed by atoms with Gasteiger partial charge in [-0.15, -0.1) is 0 Å². The average molecular weight is 390 g/mol. The minimum absolute atomic E-state index is 0.129. The minimum atomic E-state index is -2.18. The fourth-order valence-electron chi connectivity index (χ4n) is 1.54. The van der Waals surface area contributed by atoms with Crippen LogP contribution in [0, 0.1) is 29.1 Å². The van der Waals surface area contributed by atoms with Gasteiger partial charge >= 0.3 is 0 Å². The number of ether oxygens (including phenoxy) is 3. The summed E-state index contributed by atoms with van der Waals surface area (Å²) in [5.74, 6) is -9.89. The Morgan fingerprint density at radius 3 is 1.64 bits per heavy atom. The van der Waals surface area contributed by atoms with E-state index in [1.807, 2.05) is 0 Å². The maximum Gasteiger partial charge on any atom is 0.200 e. The van der Waals surface area contributed by atoms with E-state index in [0.29, 0.717) is 44.9 Å². The molecular formula is C14H19F5N2O3S. The van der Waals surface area contributed by atoms with E-state index in [1.54, 1.807) is 0 Å². The molecule has 1 aromatic rings. The second kappa shape index (κ2) is 12.4. The van der Waals surface area contributed by atoms with Gasteiger partial charge in [0.2, 0.25) is 5.82 Å². The zero-order valence-corrected chi connectivity index (χ0v) is 14.1. The molecule has 5 nitrogen and oxygen atoms in total. The molecule has 25 heavy (non-hydrogen) atoms. The van der Waals surface area contributed by atoms with E-state index in [1.165, 1.54) is 0 Å². The molecule has 1 aromatic carbocycles.